The fraction of sp³-hybridized carbons (Fsp3) is 0.304. The molecule has 0 radical (unpaired) electrons. The maximum atomic E-state index is 5.76. The van der Waals surface area contributed by atoms with E-state index in [4.69, 9.17) is 9.84 Å². The normalized spacial score (nSPS) is 14.0. The predicted molar refractivity (Wildman–Crippen MR) is 115 cm³/mol. The molecule has 1 aromatic carbocycles. The van der Waals surface area contributed by atoms with Gasteiger partial charge in [-0.15, -0.1) is 15.3 Å². The van der Waals surface area contributed by atoms with Gasteiger partial charge >= 0.3 is 0 Å². The van der Waals surface area contributed by atoms with Gasteiger partial charge in [0.05, 0.1) is 18.9 Å². The summed E-state index contributed by atoms with van der Waals surface area (Å²) in [5, 5.41) is 17.1. The van der Waals surface area contributed by atoms with E-state index >= 15 is 0 Å². The van der Waals surface area contributed by atoms with E-state index < -0.39 is 0 Å². The summed E-state index contributed by atoms with van der Waals surface area (Å²) < 4.78 is 7.59. The van der Waals surface area contributed by atoms with Crippen molar-refractivity contribution in [3.05, 3.63) is 72.1 Å². The molecule has 30 heavy (non-hydrogen) atoms. The zero-order valence-electron chi connectivity index (χ0n) is 16.7. The first-order valence-corrected chi connectivity index (χ1v) is 10.4. The molecule has 4 aromatic rings. The Morgan fingerprint density at radius 1 is 1.03 bits per heavy atom. The number of nitrogens with one attached hydrogen (secondary N) is 1. The molecule has 0 aliphatic heterocycles. The summed E-state index contributed by atoms with van der Waals surface area (Å²) in [6, 6.07) is 18.0. The number of nitrogens with zero attached hydrogens (tertiary/aromatic N) is 5. The molecule has 7 nitrogen and oxygen atoms in total. The van der Waals surface area contributed by atoms with E-state index in [2.05, 4.69) is 26.6 Å². The lowest BCUT2D eigenvalue weighted by Crippen LogP contribution is -2.17. The first-order valence-electron chi connectivity index (χ1n) is 10.4. The molecular formula is C23H24N6O. The number of hydrogen-bond donors (Lipinski definition) is 1. The van der Waals surface area contributed by atoms with Crippen molar-refractivity contribution in [1.29, 1.82) is 0 Å². The molecule has 5 rings (SSSR count). The number of fused-ring (bicyclic) bond motifs is 1. The van der Waals surface area contributed by atoms with Crippen LogP contribution in [0, 0.1) is 0 Å². The van der Waals surface area contributed by atoms with Gasteiger partial charge in [-0.05, 0) is 37.0 Å². The summed E-state index contributed by atoms with van der Waals surface area (Å²) in [6.07, 6.45) is 5.44. The van der Waals surface area contributed by atoms with Crippen LogP contribution in [0.25, 0.3) is 17.0 Å². The van der Waals surface area contributed by atoms with E-state index in [9.17, 15) is 0 Å². The van der Waals surface area contributed by atoms with Gasteiger partial charge in [-0.2, -0.15) is 4.52 Å². The lowest BCUT2D eigenvalue weighted by Gasteiger charge is -2.27. The van der Waals surface area contributed by atoms with Crippen molar-refractivity contribution >= 4 is 11.5 Å². The zero-order valence-corrected chi connectivity index (χ0v) is 16.7. The lowest BCUT2D eigenvalue weighted by molar-refractivity contribution is 0.127. The fourth-order valence-corrected chi connectivity index (χ4v) is 3.68. The van der Waals surface area contributed by atoms with Crippen LogP contribution in [-0.2, 0) is 11.3 Å². The van der Waals surface area contributed by atoms with Crippen LogP contribution in [0.4, 0.5) is 5.82 Å². The number of benzene rings is 1. The number of pyridine rings is 1. The molecule has 1 N–H and O–H groups in total. The van der Waals surface area contributed by atoms with Crippen LogP contribution in [0.1, 0.15) is 36.4 Å². The fourth-order valence-electron chi connectivity index (χ4n) is 3.68. The molecule has 1 fully saturated rings. The monoisotopic (exact) mass is 400 g/mol. The first kappa shape index (κ1) is 18.7. The van der Waals surface area contributed by atoms with Crippen molar-refractivity contribution in [1.82, 2.24) is 24.8 Å². The Balaban J connectivity index is 1.34. The SMILES string of the molecule is c1ccc(-c2nnc3cc(C4CCC4)c(NCCOCc4ccccn4)nn23)cc1. The quantitative estimate of drug-likeness (QED) is 0.449. The maximum absolute atomic E-state index is 5.76. The van der Waals surface area contributed by atoms with Gasteiger partial charge in [-0.25, -0.2) is 0 Å². The summed E-state index contributed by atoms with van der Waals surface area (Å²) in [6.45, 7) is 1.76. The van der Waals surface area contributed by atoms with E-state index in [1.165, 1.54) is 24.8 Å². The van der Waals surface area contributed by atoms with E-state index in [1.807, 2.05) is 53.0 Å². The average molecular weight is 400 g/mol. The van der Waals surface area contributed by atoms with Gasteiger partial charge < -0.3 is 10.1 Å². The Hall–Kier alpha value is -3.32. The van der Waals surface area contributed by atoms with Gasteiger partial charge in [0.15, 0.2) is 17.3 Å². The highest BCUT2D eigenvalue weighted by molar-refractivity contribution is 5.61. The second-order valence-corrected chi connectivity index (χ2v) is 7.54. The number of ether oxygens (including phenoxy) is 1. The Morgan fingerprint density at radius 3 is 2.67 bits per heavy atom. The average Bonchev–Trinajstić information content (AvgIpc) is 3.16. The summed E-state index contributed by atoms with van der Waals surface area (Å²) in [5.74, 6) is 2.18. The highest BCUT2D eigenvalue weighted by Gasteiger charge is 2.25. The van der Waals surface area contributed by atoms with Crippen molar-refractivity contribution in [3.8, 4) is 11.4 Å². The van der Waals surface area contributed by atoms with Gasteiger partial charge in [-0.1, -0.05) is 42.8 Å². The molecule has 0 spiro atoms. The minimum absolute atomic E-state index is 0.508. The van der Waals surface area contributed by atoms with Crippen molar-refractivity contribution in [2.45, 2.75) is 31.8 Å². The Kier molecular flexibility index (Phi) is 5.35. The molecule has 1 saturated carbocycles. The maximum Gasteiger partial charge on any atom is 0.185 e. The number of hydrogen-bond acceptors (Lipinski definition) is 6. The predicted octanol–water partition coefficient (Wildman–Crippen LogP) is 4.08. The molecular weight excluding hydrogens is 376 g/mol. The number of aromatic nitrogens is 5. The number of rotatable bonds is 8. The Bertz CT molecular complexity index is 1110. The van der Waals surface area contributed by atoms with Crippen LogP contribution in [0.15, 0.2) is 60.8 Å². The van der Waals surface area contributed by atoms with E-state index in [-0.39, 0.29) is 0 Å². The third-order valence-corrected chi connectivity index (χ3v) is 5.51. The molecule has 1 aliphatic carbocycles. The smallest absolute Gasteiger partial charge is 0.185 e. The van der Waals surface area contributed by atoms with Crippen molar-refractivity contribution in [2.75, 3.05) is 18.5 Å². The lowest BCUT2D eigenvalue weighted by atomic mass is 9.80. The van der Waals surface area contributed by atoms with Crippen LogP contribution in [-0.4, -0.2) is 37.9 Å². The zero-order chi connectivity index (χ0) is 20.2. The van der Waals surface area contributed by atoms with Crippen molar-refractivity contribution in [3.63, 3.8) is 0 Å². The Morgan fingerprint density at radius 2 is 1.90 bits per heavy atom. The van der Waals surface area contributed by atoms with Crippen LogP contribution in [0.3, 0.4) is 0 Å². The van der Waals surface area contributed by atoms with Crippen molar-refractivity contribution in [2.24, 2.45) is 0 Å². The molecule has 0 unspecified atom stereocenters. The largest absolute Gasteiger partial charge is 0.373 e. The second kappa shape index (κ2) is 8.59. The standard InChI is InChI=1S/C23H24N6O/c1-2-7-18(8-3-1)23-27-26-21-15-20(17-9-6-10-17)22(28-29(21)23)25-13-14-30-16-19-11-4-5-12-24-19/h1-5,7-8,11-12,15,17H,6,9-10,13-14,16H2,(H,25,28). The Labute approximate surface area is 175 Å². The van der Waals surface area contributed by atoms with Crippen LogP contribution >= 0.6 is 0 Å². The van der Waals surface area contributed by atoms with Gasteiger partial charge in [0.1, 0.15) is 0 Å². The first-order chi connectivity index (χ1) is 14.9. The van der Waals surface area contributed by atoms with Gasteiger partial charge in [0, 0.05) is 23.9 Å². The van der Waals surface area contributed by atoms with Crippen molar-refractivity contribution < 1.29 is 4.74 Å². The van der Waals surface area contributed by atoms with Crippen LogP contribution < -0.4 is 5.32 Å². The highest BCUT2D eigenvalue weighted by atomic mass is 16.5. The molecule has 0 bridgehead atoms. The van der Waals surface area contributed by atoms with Gasteiger partial charge in [-0.3, -0.25) is 4.98 Å². The summed E-state index contributed by atoms with van der Waals surface area (Å²) in [4.78, 5) is 4.28. The molecule has 152 valence electrons. The summed E-state index contributed by atoms with van der Waals surface area (Å²) >= 11 is 0. The third-order valence-electron chi connectivity index (χ3n) is 5.51. The van der Waals surface area contributed by atoms with Gasteiger partial charge in [0.25, 0.3) is 0 Å². The van der Waals surface area contributed by atoms with E-state index in [0.29, 0.717) is 25.7 Å². The van der Waals surface area contributed by atoms with Gasteiger partial charge in [0.2, 0.25) is 0 Å². The molecule has 3 heterocycles. The highest BCUT2D eigenvalue weighted by Crippen LogP contribution is 2.39. The summed E-state index contributed by atoms with van der Waals surface area (Å²) in [5.41, 5.74) is 3.95. The molecule has 1 aliphatic rings. The van der Waals surface area contributed by atoms with Crippen LogP contribution in [0.2, 0.25) is 0 Å². The topological polar surface area (TPSA) is 77.2 Å². The molecule has 0 saturated heterocycles. The molecule has 0 amide bonds. The summed E-state index contributed by atoms with van der Waals surface area (Å²) in [7, 11) is 0. The van der Waals surface area contributed by atoms with E-state index in [1.54, 1.807) is 6.20 Å². The molecule has 3 aromatic heterocycles. The van der Waals surface area contributed by atoms with Crippen LogP contribution in [0.5, 0.6) is 0 Å². The molecule has 0 atom stereocenters. The second-order valence-electron chi connectivity index (χ2n) is 7.54. The third kappa shape index (κ3) is 3.89. The minimum Gasteiger partial charge on any atom is -0.373 e. The van der Waals surface area contributed by atoms with E-state index in [0.717, 1.165) is 28.5 Å². The molecule has 7 heteroatoms. The number of anilines is 1. The minimum atomic E-state index is 0.508.